The Morgan fingerprint density at radius 2 is 1.74 bits per heavy atom. The third-order valence-corrected chi connectivity index (χ3v) is 4.02. The number of benzene rings is 2. The molecule has 0 saturated carbocycles. The fraction of sp³-hybridized carbons (Fsp3) is 0.381. The fourth-order valence-corrected chi connectivity index (χ4v) is 2.67. The van der Waals surface area contributed by atoms with Crippen LogP contribution in [0.15, 0.2) is 54.6 Å². The van der Waals surface area contributed by atoms with E-state index in [2.05, 4.69) is 25.1 Å². The van der Waals surface area contributed by atoms with E-state index < -0.39 is 0 Å². The van der Waals surface area contributed by atoms with E-state index >= 15 is 0 Å². The molecule has 2 heteroatoms. The van der Waals surface area contributed by atoms with Crippen LogP contribution >= 0.6 is 0 Å². The Bertz CT molecular complexity index is 592. The number of rotatable bonds is 4. The number of unbranched alkanes of at least 4 members (excludes halogenated alkanes) is 1. The lowest BCUT2D eigenvalue weighted by molar-refractivity contribution is 0.102. The molecule has 3 rings (SSSR count). The standard InChI is InChI=1S/C13H9N.C8H16O/c14-10-11-6-8-13(9-7-11)12-4-2-1-3-5-12;1-2-3-5-8-6-4-7-9-8/h1-9H;8H,2-7H2,1H3. The van der Waals surface area contributed by atoms with Crippen LogP contribution in [0.2, 0.25) is 0 Å². The van der Waals surface area contributed by atoms with Gasteiger partial charge in [0.25, 0.3) is 0 Å². The summed E-state index contributed by atoms with van der Waals surface area (Å²) in [4.78, 5) is 0. The van der Waals surface area contributed by atoms with Crippen molar-refractivity contribution in [2.45, 2.75) is 45.1 Å². The zero-order valence-corrected chi connectivity index (χ0v) is 13.9. The average molecular weight is 307 g/mol. The highest BCUT2D eigenvalue weighted by Gasteiger charge is 2.13. The second kappa shape index (κ2) is 9.82. The molecule has 1 heterocycles. The highest BCUT2D eigenvalue weighted by atomic mass is 16.5. The molecule has 23 heavy (non-hydrogen) atoms. The minimum atomic E-state index is 0.616. The van der Waals surface area contributed by atoms with Crippen molar-refractivity contribution in [3.8, 4) is 17.2 Å². The summed E-state index contributed by atoms with van der Waals surface area (Å²) in [6, 6.07) is 19.8. The molecule has 2 nitrogen and oxygen atoms in total. The Balaban J connectivity index is 0.000000185. The molecule has 1 saturated heterocycles. The lowest BCUT2D eigenvalue weighted by Gasteiger charge is -2.06. The van der Waals surface area contributed by atoms with Crippen LogP contribution in [0.1, 0.15) is 44.6 Å². The minimum Gasteiger partial charge on any atom is -0.378 e. The van der Waals surface area contributed by atoms with Gasteiger partial charge in [-0.3, -0.25) is 0 Å². The third kappa shape index (κ3) is 5.88. The van der Waals surface area contributed by atoms with Gasteiger partial charge in [0.05, 0.1) is 17.7 Å². The van der Waals surface area contributed by atoms with Crippen LogP contribution < -0.4 is 0 Å². The van der Waals surface area contributed by atoms with Gasteiger partial charge in [0.2, 0.25) is 0 Å². The summed E-state index contributed by atoms with van der Waals surface area (Å²) >= 11 is 0. The summed E-state index contributed by atoms with van der Waals surface area (Å²) < 4.78 is 5.46. The quantitative estimate of drug-likeness (QED) is 0.738. The zero-order valence-electron chi connectivity index (χ0n) is 13.9. The fourth-order valence-electron chi connectivity index (χ4n) is 2.67. The maximum absolute atomic E-state index is 8.65. The van der Waals surface area contributed by atoms with Crippen LogP contribution in [0.3, 0.4) is 0 Å². The van der Waals surface area contributed by atoms with Crippen molar-refractivity contribution >= 4 is 0 Å². The maximum atomic E-state index is 8.65. The highest BCUT2D eigenvalue weighted by Crippen LogP contribution is 2.19. The van der Waals surface area contributed by atoms with E-state index in [1.54, 1.807) is 0 Å². The van der Waals surface area contributed by atoms with E-state index in [-0.39, 0.29) is 0 Å². The topological polar surface area (TPSA) is 33.0 Å². The summed E-state index contributed by atoms with van der Waals surface area (Å²) in [7, 11) is 0. The molecule has 1 atom stereocenters. The van der Waals surface area contributed by atoms with Crippen molar-refractivity contribution in [1.29, 1.82) is 5.26 Å². The van der Waals surface area contributed by atoms with Crippen molar-refractivity contribution in [1.82, 2.24) is 0 Å². The van der Waals surface area contributed by atoms with Gasteiger partial charge in [-0.2, -0.15) is 5.26 Å². The van der Waals surface area contributed by atoms with Crippen LogP contribution in [0.25, 0.3) is 11.1 Å². The number of hydrogen-bond donors (Lipinski definition) is 0. The first-order valence-electron chi connectivity index (χ1n) is 8.50. The molecular formula is C21H25NO. The summed E-state index contributed by atoms with van der Waals surface area (Å²) in [5, 5.41) is 8.65. The molecule has 0 N–H and O–H groups in total. The van der Waals surface area contributed by atoms with Gasteiger partial charge >= 0.3 is 0 Å². The summed E-state index contributed by atoms with van der Waals surface area (Å²) in [6.07, 6.45) is 7.14. The molecule has 0 amide bonds. The van der Waals surface area contributed by atoms with E-state index in [0.717, 1.165) is 12.2 Å². The smallest absolute Gasteiger partial charge is 0.0991 e. The van der Waals surface area contributed by atoms with Crippen molar-refractivity contribution in [2.75, 3.05) is 6.61 Å². The first kappa shape index (κ1) is 17.2. The predicted octanol–water partition coefficient (Wildman–Crippen LogP) is 5.58. The van der Waals surface area contributed by atoms with Crippen molar-refractivity contribution in [2.24, 2.45) is 0 Å². The van der Waals surface area contributed by atoms with Crippen molar-refractivity contribution in [3.05, 3.63) is 60.2 Å². The monoisotopic (exact) mass is 307 g/mol. The Hall–Kier alpha value is -2.11. The van der Waals surface area contributed by atoms with Gasteiger partial charge in [-0.05, 0) is 42.5 Å². The maximum Gasteiger partial charge on any atom is 0.0991 e. The normalized spacial score (nSPS) is 16.3. The van der Waals surface area contributed by atoms with Crippen molar-refractivity contribution < 1.29 is 4.74 Å². The molecule has 0 spiro atoms. The number of ether oxygens (including phenoxy) is 1. The molecule has 2 aromatic carbocycles. The molecule has 1 fully saturated rings. The van der Waals surface area contributed by atoms with Gasteiger partial charge in [0.15, 0.2) is 0 Å². The second-order valence-electron chi connectivity index (χ2n) is 5.83. The average Bonchev–Trinajstić information content (AvgIpc) is 3.15. The van der Waals surface area contributed by atoms with E-state index in [0.29, 0.717) is 11.7 Å². The Kier molecular flexibility index (Phi) is 7.36. The largest absolute Gasteiger partial charge is 0.378 e. The van der Waals surface area contributed by atoms with Gasteiger partial charge in [-0.15, -0.1) is 0 Å². The SMILES string of the molecule is CCCCC1CCCO1.N#Cc1ccc(-c2ccccc2)cc1. The van der Waals surface area contributed by atoms with Crippen LogP contribution in [0.4, 0.5) is 0 Å². The van der Waals surface area contributed by atoms with Crippen LogP contribution in [-0.4, -0.2) is 12.7 Å². The summed E-state index contributed by atoms with van der Waals surface area (Å²) in [5.41, 5.74) is 3.02. The molecule has 0 aromatic heterocycles. The molecule has 1 unspecified atom stereocenters. The molecule has 1 aliphatic heterocycles. The molecule has 0 aliphatic carbocycles. The number of nitrogens with zero attached hydrogens (tertiary/aromatic N) is 1. The van der Waals surface area contributed by atoms with Gasteiger partial charge in [-0.25, -0.2) is 0 Å². The lowest BCUT2D eigenvalue weighted by Crippen LogP contribution is -2.03. The highest BCUT2D eigenvalue weighted by molar-refractivity contribution is 5.63. The predicted molar refractivity (Wildman–Crippen MR) is 95.1 cm³/mol. The number of nitriles is 1. The zero-order chi connectivity index (χ0) is 16.3. The third-order valence-electron chi connectivity index (χ3n) is 4.02. The van der Waals surface area contributed by atoms with Gasteiger partial charge < -0.3 is 4.74 Å². The molecule has 1 aliphatic rings. The van der Waals surface area contributed by atoms with Gasteiger partial charge in [-0.1, -0.05) is 62.2 Å². The summed E-state index contributed by atoms with van der Waals surface area (Å²) in [5.74, 6) is 0. The Labute approximate surface area is 139 Å². The van der Waals surface area contributed by atoms with Crippen LogP contribution in [0, 0.1) is 11.3 Å². The molecule has 0 bridgehead atoms. The summed E-state index contributed by atoms with van der Waals surface area (Å²) in [6.45, 7) is 3.24. The molecular weight excluding hydrogens is 282 g/mol. The second-order valence-corrected chi connectivity index (χ2v) is 5.83. The lowest BCUT2D eigenvalue weighted by atomic mass is 10.0. The van der Waals surface area contributed by atoms with Gasteiger partial charge in [0.1, 0.15) is 0 Å². The Morgan fingerprint density at radius 1 is 1.04 bits per heavy atom. The van der Waals surface area contributed by atoms with Crippen molar-refractivity contribution in [3.63, 3.8) is 0 Å². The first-order valence-corrected chi connectivity index (χ1v) is 8.50. The molecule has 2 aromatic rings. The van der Waals surface area contributed by atoms with E-state index in [4.69, 9.17) is 10.00 Å². The minimum absolute atomic E-state index is 0.616. The first-order chi connectivity index (χ1) is 11.3. The van der Waals surface area contributed by atoms with Crippen LogP contribution in [0.5, 0.6) is 0 Å². The van der Waals surface area contributed by atoms with E-state index in [1.165, 1.54) is 37.7 Å². The van der Waals surface area contributed by atoms with Crippen LogP contribution in [-0.2, 0) is 4.74 Å². The van der Waals surface area contributed by atoms with E-state index in [1.807, 2.05) is 42.5 Å². The molecule has 0 radical (unpaired) electrons. The number of hydrogen-bond acceptors (Lipinski definition) is 2. The van der Waals surface area contributed by atoms with Gasteiger partial charge in [0, 0.05) is 6.61 Å². The Morgan fingerprint density at radius 3 is 2.30 bits per heavy atom. The molecule has 120 valence electrons. The van der Waals surface area contributed by atoms with E-state index in [9.17, 15) is 0 Å².